The Morgan fingerprint density at radius 1 is 0.371 bits per heavy atom. The number of aromatic nitrogens is 1. The van der Waals surface area contributed by atoms with Crippen molar-refractivity contribution >= 4 is 71.2 Å². The third-order valence-electron chi connectivity index (χ3n) is 19.7. The van der Waals surface area contributed by atoms with Crippen LogP contribution in [0.5, 0.6) is 0 Å². The Balaban J connectivity index is 0.983. The van der Waals surface area contributed by atoms with Crippen LogP contribution < -0.4 is 0 Å². The van der Waals surface area contributed by atoms with Gasteiger partial charge < -0.3 is 4.40 Å². The van der Waals surface area contributed by atoms with E-state index in [1.807, 2.05) is 0 Å². The molecule has 10 aromatic carbocycles. The van der Waals surface area contributed by atoms with Crippen LogP contribution in [0, 0.1) is 0 Å². The molecule has 6 atom stereocenters. The molecule has 70 heavy (non-hydrogen) atoms. The van der Waals surface area contributed by atoms with E-state index in [-0.39, 0.29) is 51.5 Å². The zero-order chi connectivity index (χ0) is 45.6. The quantitative estimate of drug-likeness (QED) is 0.142. The number of carbonyl (C=O) groups is 2. The molecule has 0 saturated carbocycles. The topological polar surface area (TPSA) is 38.5 Å². The SMILES string of the molecule is CC1(C)c2c(c3ccccc3c3ccccc23)-c2cc3c4cc5c(cc4n4c6cc7c(cc6c(c21)c34)C1c2ccccc2C12c1ccccc1C2C7=O)C(=O)C1c2ccccc2C12c1ccccc1C52. The molecule has 0 N–H and O–H groups in total. The first kappa shape index (κ1) is 35.9. The summed E-state index contributed by atoms with van der Waals surface area (Å²) in [7, 11) is 0. The number of ketones is 2. The van der Waals surface area contributed by atoms with Crippen molar-refractivity contribution in [3.63, 3.8) is 0 Å². The van der Waals surface area contributed by atoms with Crippen LogP contribution in [-0.4, -0.2) is 16.0 Å². The van der Waals surface area contributed by atoms with Gasteiger partial charge in [0, 0.05) is 60.8 Å². The molecule has 2 heterocycles. The zero-order valence-corrected chi connectivity index (χ0v) is 38.3. The Morgan fingerprint density at radius 3 is 1.34 bits per heavy atom. The Kier molecular flexibility index (Phi) is 5.64. The van der Waals surface area contributed by atoms with Crippen molar-refractivity contribution in [3.05, 3.63) is 254 Å². The van der Waals surface area contributed by atoms with Crippen molar-refractivity contribution in [1.29, 1.82) is 0 Å². The summed E-state index contributed by atoms with van der Waals surface area (Å²) in [5.74, 6) is 0.155. The molecule has 0 fully saturated rings. The predicted molar refractivity (Wildman–Crippen MR) is 279 cm³/mol. The van der Waals surface area contributed by atoms with Crippen LogP contribution in [0.25, 0.3) is 70.8 Å². The number of hydrogen-bond acceptors (Lipinski definition) is 2. The van der Waals surface area contributed by atoms with Gasteiger partial charge in [-0.3, -0.25) is 9.59 Å². The van der Waals surface area contributed by atoms with Crippen LogP contribution >= 0.6 is 0 Å². The fourth-order valence-corrected chi connectivity index (χ4v) is 17.6. The van der Waals surface area contributed by atoms with E-state index in [4.69, 9.17) is 0 Å². The number of rotatable bonds is 0. The molecular weight excluding hydrogens is 851 g/mol. The number of nitrogens with zero attached hydrogens (tertiary/aromatic N) is 1. The second kappa shape index (κ2) is 11.0. The van der Waals surface area contributed by atoms with Gasteiger partial charge in [0.05, 0.1) is 28.4 Å². The van der Waals surface area contributed by atoms with Gasteiger partial charge in [-0.15, -0.1) is 0 Å². The first-order valence-electron chi connectivity index (χ1n) is 25.1. The second-order valence-corrected chi connectivity index (χ2v) is 22.3. The zero-order valence-electron chi connectivity index (χ0n) is 38.3. The molecule has 2 spiro atoms. The van der Waals surface area contributed by atoms with E-state index in [9.17, 15) is 0 Å². The van der Waals surface area contributed by atoms with Gasteiger partial charge in [0.15, 0.2) is 11.6 Å². The maximum absolute atomic E-state index is 15.6. The Labute approximate surface area is 402 Å². The minimum atomic E-state index is -0.378. The summed E-state index contributed by atoms with van der Waals surface area (Å²) in [4.78, 5) is 31.1. The molecule has 6 unspecified atom stereocenters. The summed E-state index contributed by atoms with van der Waals surface area (Å²) in [5.41, 5.74) is 21.7. The summed E-state index contributed by atoms with van der Waals surface area (Å²) in [5, 5.41) is 9.97. The average Bonchev–Trinajstić information content (AvgIpc) is 3.96. The van der Waals surface area contributed by atoms with Crippen LogP contribution in [0.2, 0.25) is 0 Å². The van der Waals surface area contributed by atoms with E-state index in [0.29, 0.717) is 0 Å². The lowest BCUT2D eigenvalue weighted by Gasteiger charge is -2.64. The van der Waals surface area contributed by atoms with E-state index < -0.39 is 0 Å². The lowest BCUT2D eigenvalue weighted by atomic mass is 9.36. The van der Waals surface area contributed by atoms with Crippen molar-refractivity contribution in [2.75, 3.05) is 0 Å². The molecule has 0 aliphatic heterocycles. The third kappa shape index (κ3) is 3.32. The molecule has 0 saturated heterocycles. The van der Waals surface area contributed by atoms with Crippen molar-refractivity contribution in [1.82, 2.24) is 4.40 Å². The fraction of sp³-hybridized carbons (Fsp3) is 0.134. The van der Waals surface area contributed by atoms with Crippen molar-refractivity contribution in [3.8, 4) is 11.1 Å². The molecular formula is C67H39NO2. The smallest absolute Gasteiger partial charge is 0.171 e. The molecule has 0 radical (unpaired) electrons. The minimum absolute atomic E-state index is 0.0734. The van der Waals surface area contributed by atoms with Gasteiger partial charge >= 0.3 is 0 Å². The Hall–Kier alpha value is -8.14. The lowest BCUT2D eigenvalue weighted by Crippen LogP contribution is -2.61. The molecule has 324 valence electrons. The van der Waals surface area contributed by atoms with E-state index in [0.717, 1.165) is 33.3 Å². The molecule has 0 bridgehead atoms. The van der Waals surface area contributed by atoms with Gasteiger partial charge in [0.25, 0.3) is 0 Å². The van der Waals surface area contributed by atoms with Crippen LogP contribution in [0.15, 0.2) is 176 Å². The lowest BCUT2D eigenvalue weighted by molar-refractivity contribution is 0.0839. The van der Waals surface area contributed by atoms with Gasteiger partial charge in [-0.25, -0.2) is 0 Å². The number of hydrogen-bond donors (Lipinski definition) is 0. The van der Waals surface area contributed by atoms with Gasteiger partial charge in [-0.05, 0) is 130 Å². The molecule has 12 aromatic rings. The standard InChI is InChI=1S/C67H39NO2/c1-65(2)58-35-18-6-4-16-33(35)32-15-3-5-17-34(32)54(58)47-29-43-40-27-41-44(63(69)60-38-21-9-13-25-50(38)66(60)48-23-11-7-19-36(48)56(41)66)30-52(40)68-53-31-45-42(28-46(53)55(59(47)65)62(43)68)57-37-20-8-12-24-49(37)67(57)51-26-14-10-22-39(51)61(67)64(45)70/h3-31,56-57,60-61H,1-2H3. The van der Waals surface area contributed by atoms with Crippen LogP contribution in [0.4, 0.5) is 0 Å². The maximum Gasteiger partial charge on any atom is 0.171 e. The summed E-state index contributed by atoms with van der Waals surface area (Å²) >= 11 is 0. The van der Waals surface area contributed by atoms with Crippen LogP contribution in [-0.2, 0) is 16.2 Å². The molecule has 7 aliphatic carbocycles. The molecule has 3 heteroatoms. The number of carbonyl (C=O) groups excluding carboxylic acids is 2. The van der Waals surface area contributed by atoms with Crippen molar-refractivity contribution < 1.29 is 9.59 Å². The monoisotopic (exact) mass is 889 g/mol. The van der Waals surface area contributed by atoms with E-state index in [1.165, 1.54) is 115 Å². The largest absolute Gasteiger partial charge is 0.308 e. The van der Waals surface area contributed by atoms with Gasteiger partial charge in [-0.2, -0.15) is 0 Å². The molecule has 2 aromatic heterocycles. The highest BCUT2D eigenvalue weighted by Gasteiger charge is 2.71. The maximum atomic E-state index is 15.6. The highest BCUT2D eigenvalue weighted by molar-refractivity contribution is 6.30. The highest BCUT2D eigenvalue weighted by Crippen LogP contribution is 2.76. The number of Topliss-reactive ketones (excluding diaryl/α,β-unsaturated/α-hetero) is 2. The second-order valence-electron chi connectivity index (χ2n) is 22.3. The van der Waals surface area contributed by atoms with Gasteiger partial charge in [0.1, 0.15) is 0 Å². The van der Waals surface area contributed by atoms with Crippen LogP contribution in [0.1, 0.15) is 125 Å². The van der Waals surface area contributed by atoms with E-state index in [2.05, 4.69) is 194 Å². The normalized spacial score (nSPS) is 24.7. The first-order chi connectivity index (χ1) is 34.4. The summed E-state index contributed by atoms with van der Waals surface area (Å²) < 4.78 is 2.47. The van der Waals surface area contributed by atoms with Crippen molar-refractivity contribution in [2.24, 2.45) is 0 Å². The summed E-state index contributed by atoms with van der Waals surface area (Å²) in [6, 6.07) is 65.1. The third-order valence-corrected chi connectivity index (χ3v) is 19.7. The molecule has 19 rings (SSSR count). The summed E-state index contributed by atoms with van der Waals surface area (Å²) in [6.45, 7) is 4.89. The number of benzene rings is 10. The fourth-order valence-electron chi connectivity index (χ4n) is 17.6. The van der Waals surface area contributed by atoms with Gasteiger partial charge in [0.2, 0.25) is 0 Å². The predicted octanol–water partition coefficient (Wildman–Crippen LogP) is 14.9. The van der Waals surface area contributed by atoms with Crippen LogP contribution in [0.3, 0.4) is 0 Å². The average molecular weight is 890 g/mol. The highest BCUT2D eigenvalue weighted by atomic mass is 16.1. The molecule has 3 nitrogen and oxygen atoms in total. The molecule has 0 amide bonds. The molecule has 7 aliphatic rings. The summed E-state index contributed by atoms with van der Waals surface area (Å²) in [6.07, 6.45) is 0. The minimum Gasteiger partial charge on any atom is -0.308 e. The Morgan fingerprint density at radius 2 is 0.800 bits per heavy atom. The number of fused-ring (bicyclic) bond motifs is 27. The Bertz CT molecular complexity index is 4660. The first-order valence-corrected chi connectivity index (χ1v) is 25.1. The van der Waals surface area contributed by atoms with Crippen molar-refractivity contribution in [2.45, 2.75) is 53.8 Å². The van der Waals surface area contributed by atoms with Gasteiger partial charge in [-0.1, -0.05) is 159 Å². The van der Waals surface area contributed by atoms with E-state index >= 15 is 9.59 Å². The van der Waals surface area contributed by atoms with E-state index in [1.54, 1.807) is 0 Å².